The first kappa shape index (κ1) is 13.9. The van der Waals surface area contributed by atoms with Gasteiger partial charge in [0.05, 0.1) is 20.5 Å². The molecule has 0 heterocycles. The fraction of sp³-hybridized carbons (Fsp3) is 0.300. The predicted molar refractivity (Wildman–Crippen MR) is 70.0 cm³/mol. The van der Waals surface area contributed by atoms with Crippen LogP contribution in [0.4, 0.5) is 0 Å². The maximum Gasteiger partial charge on any atom is 0.261 e. The summed E-state index contributed by atoms with van der Waals surface area (Å²) in [6, 6.07) is 2.36. The Kier molecular flexibility index (Phi) is 3.78. The Morgan fingerprint density at radius 1 is 1.28 bits per heavy atom. The molecule has 0 spiro atoms. The van der Waals surface area contributed by atoms with E-state index in [1.165, 1.54) is 0 Å². The number of hydrogen-bond acceptors (Lipinski definition) is 3. The highest BCUT2D eigenvalue weighted by atomic mass is 35.7. The van der Waals surface area contributed by atoms with E-state index in [1.807, 2.05) is 0 Å². The van der Waals surface area contributed by atoms with E-state index in [-0.39, 0.29) is 26.5 Å². The minimum atomic E-state index is -3.96. The summed E-state index contributed by atoms with van der Waals surface area (Å²) in [5, 5.41) is 2.68. The summed E-state index contributed by atoms with van der Waals surface area (Å²) in [5.74, 6) is -0.452. The molecule has 98 valence electrons. The summed E-state index contributed by atoms with van der Waals surface area (Å²) in [4.78, 5) is 11.6. The van der Waals surface area contributed by atoms with E-state index in [4.69, 9.17) is 33.9 Å². The molecule has 0 atom stereocenters. The van der Waals surface area contributed by atoms with Crippen LogP contribution < -0.4 is 5.32 Å². The second-order valence-corrected chi connectivity index (χ2v) is 7.30. The topological polar surface area (TPSA) is 63.2 Å². The van der Waals surface area contributed by atoms with E-state index >= 15 is 0 Å². The van der Waals surface area contributed by atoms with Crippen molar-refractivity contribution >= 4 is 48.8 Å². The van der Waals surface area contributed by atoms with Crippen LogP contribution in [-0.4, -0.2) is 20.4 Å². The van der Waals surface area contributed by atoms with Crippen LogP contribution in [0, 0.1) is 0 Å². The van der Waals surface area contributed by atoms with Crippen molar-refractivity contribution in [1.82, 2.24) is 5.32 Å². The van der Waals surface area contributed by atoms with Gasteiger partial charge in [0.15, 0.2) is 0 Å². The van der Waals surface area contributed by atoms with Crippen molar-refractivity contribution in [2.24, 2.45) is 0 Å². The van der Waals surface area contributed by atoms with Gasteiger partial charge in [-0.25, -0.2) is 8.42 Å². The molecule has 18 heavy (non-hydrogen) atoms. The molecule has 1 aliphatic carbocycles. The maximum absolute atomic E-state index is 11.9. The third kappa shape index (κ3) is 3.09. The summed E-state index contributed by atoms with van der Waals surface area (Å²) in [6.07, 6.45) is 1.81. The lowest BCUT2D eigenvalue weighted by molar-refractivity contribution is 0.0951. The zero-order chi connectivity index (χ0) is 13.5. The molecule has 4 nitrogen and oxygen atoms in total. The molecule has 0 bridgehead atoms. The third-order valence-corrected chi connectivity index (χ3v) is 4.58. The number of rotatable bonds is 3. The van der Waals surface area contributed by atoms with Crippen molar-refractivity contribution < 1.29 is 13.2 Å². The second kappa shape index (κ2) is 4.89. The van der Waals surface area contributed by atoms with Crippen LogP contribution in [0.15, 0.2) is 17.0 Å². The van der Waals surface area contributed by atoms with Crippen molar-refractivity contribution in [2.75, 3.05) is 0 Å². The average molecular weight is 329 g/mol. The molecule has 1 aromatic carbocycles. The highest BCUT2D eigenvalue weighted by Crippen LogP contribution is 2.31. The highest BCUT2D eigenvalue weighted by Gasteiger charge is 2.26. The Balaban J connectivity index is 2.44. The van der Waals surface area contributed by atoms with Crippen molar-refractivity contribution in [3.05, 3.63) is 27.7 Å². The van der Waals surface area contributed by atoms with E-state index in [0.717, 1.165) is 25.0 Å². The molecule has 0 radical (unpaired) electrons. The van der Waals surface area contributed by atoms with Crippen molar-refractivity contribution in [3.63, 3.8) is 0 Å². The van der Waals surface area contributed by atoms with E-state index in [1.54, 1.807) is 0 Å². The normalized spacial score (nSPS) is 15.5. The molecular formula is C10H8Cl3NO3S. The lowest BCUT2D eigenvalue weighted by atomic mass is 10.2. The highest BCUT2D eigenvalue weighted by molar-refractivity contribution is 8.13. The van der Waals surface area contributed by atoms with Crippen LogP contribution in [0.2, 0.25) is 10.0 Å². The monoisotopic (exact) mass is 327 g/mol. The average Bonchev–Trinajstić information content (AvgIpc) is 3.03. The maximum atomic E-state index is 11.9. The Morgan fingerprint density at radius 2 is 1.89 bits per heavy atom. The summed E-state index contributed by atoms with van der Waals surface area (Å²) < 4.78 is 22.5. The molecule has 1 aromatic rings. The Bertz CT molecular complexity index is 611. The molecule has 2 rings (SSSR count). The molecule has 0 aromatic heterocycles. The molecule has 1 aliphatic rings. The van der Waals surface area contributed by atoms with Gasteiger partial charge in [0.1, 0.15) is 0 Å². The number of carbonyl (C=O) groups is 1. The van der Waals surface area contributed by atoms with Crippen LogP contribution in [0.5, 0.6) is 0 Å². The fourth-order valence-corrected chi connectivity index (χ4v) is 2.62. The SMILES string of the molecule is O=C(NC1CC1)c1cc(S(=O)(=O)Cl)cc(Cl)c1Cl. The van der Waals surface area contributed by atoms with Crippen LogP contribution in [-0.2, 0) is 9.05 Å². The lowest BCUT2D eigenvalue weighted by Gasteiger charge is -2.08. The van der Waals surface area contributed by atoms with Gasteiger partial charge in [-0.05, 0) is 25.0 Å². The zero-order valence-electron chi connectivity index (χ0n) is 8.91. The van der Waals surface area contributed by atoms with Crippen LogP contribution in [0.1, 0.15) is 23.2 Å². The van der Waals surface area contributed by atoms with Gasteiger partial charge in [0.25, 0.3) is 15.0 Å². The van der Waals surface area contributed by atoms with Gasteiger partial charge in [-0.15, -0.1) is 0 Å². The van der Waals surface area contributed by atoms with E-state index in [2.05, 4.69) is 5.32 Å². The van der Waals surface area contributed by atoms with E-state index in [9.17, 15) is 13.2 Å². The summed E-state index contributed by atoms with van der Waals surface area (Å²) in [6.45, 7) is 0. The summed E-state index contributed by atoms with van der Waals surface area (Å²) in [7, 11) is 1.25. The number of amides is 1. The van der Waals surface area contributed by atoms with Crippen molar-refractivity contribution in [3.8, 4) is 0 Å². The van der Waals surface area contributed by atoms with Crippen molar-refractivity contribution in [1.29, 1.82) is 0 Å². The van der Waals surface area contributed by atoms with Gasteiger partial charge in [-0.3, -0.25) is 4.79 Å². The van der Waals surface area contributed by atoms with E-state index < -0.39 is 15.0 Å². The van der Waals surface area contributed by atoms with Gasteiger partial charge in [-0.2, -0.15) is 0 Å². The Morgan fingerprint density at radius 3 is 2.39 bits per heavy atom. The number of carbonyl (C=O) groups excluding carboxylic acids is 1. The predicted octanol–water partition coefficient (Wildman–Crippen LogP) is 2.81. The first-order chi connectivity index (χ1) is 8.29. The summed E-state index contributed by atoms with van der Waals surface area (Å²) in [5.41, 5.74) is 0.00953. The summed E-state index contributed by atoms with van der Waals surface area (Å²) >= 11 is 11.7. The third-order valence-electron chi connectivity index (χ3n) is 2.44. The van der Waals surface area contributed by atoms with Gasteiger partial charge < -0.3 is 5.32 Å². The molecule has 1 saturated carbocycles. The molecular weight excluding hydrogens is 321 g/mol. The minimum absolute atomic E-state index is 0.00953. The van der Waals surface area contributed by atoms with E-state index in [0.29, 0.717) is 0 Å². The van der Waals surface area contributed by atoms with Gasteiger partial charge in [0.2, 0.25) is 0 Å². The smallest absolute Gasteiger partial charge is 0.261 e. The van der Waals surface area contributed by atoms with Gasteiger partial charge in [0, 0.05) is 16.7 Å². The molecule has 1 amide bonds. The number of halogens is 3. The molecule has 0 saturated heterocycles. The quantitative estimate of drug-likeness (QED) is 0.868. The Labute approximate surface area is 119 Å². The number of nitrogens with one attached hydrogen (secondary N) is 1. The number of benzene rings is 1. The molecule has 8 heteroatoms. The van der Waals surface area contributed by atoms with Crippen LogP contribution >= 0.6 is 33.9 Å². The van der Waals surface area contributed by atoms with Crippen molar-refractivity contribution in [2.45, 2.75) is 23.8 Å². The minimum Gasteiger partial charge on any atom is -0.349 e. The largest absolute Gasteiger partial charge is 0.349 e. The Hall–Kier alpha value is -0.490. The standard InChI is InChI=1S/C10H8Cl3NO3S/c11-8-4-6(18(13,16)17)3-7(9(8)12)10(15)14-5-1-2-5/h3-5H,1-2H2,(H,14,15). The van der Waals surface area contributed by atoms with Crippen LogP contribution in [0.3, 0.4) is 0 Å². The molecule has 0 unspecified atom stereocenters. The first-order valence-electron chi connectivity index (χ1n) is 5.03. The molecule has 1 N–H and O–H groups in total. The van der Waals surface area contributed by atoms with Gasteiger partial charge >= 0.3 is 0 Å². The number of hydrogen-bond donors (Lipinski definition) is 1. The lowest BCUT2D eigenvalue weighted by Crippen LogP contribution is -2.25. The molecule has 1 fully saturated rings. The second-order valence-electron chi connectivity index (χ2n) is 3.95. The van der Waals surface area contributed by atoms with Crippen LogP contribution in [0.25, 0.3) is 0 Å². The molecule has 0 aliphatic heterocycles. The van der Waals surface area contributed by atoms with Gasteiger partial charge in [-0.1, -0.05) is 23.2 Å². The first-order valence-corrected chi connectivity index (χ1v) is 8.10. The fourth-order valence-electron chi connectivity index (χ4n) is 1.36. The zero-order valence-corrected chi connectivity index (χ0v) is 12.0.